The number of ether oxygens (including phenoxy) is 1. The number of piperidine rings is 1. The largest absolute Gasteiger partial charge is 0.493 e. The van der Waals surface area contributed by atoms with Crippen molar-refractivity contribution in [3.63, 3.8) is 0 Å². The van der Waals surface area contributed by atoms with Crippen LogP contribution < -0.4 is 4.74 Å². The highest BCUT2D eigenvalue weighted by Gasteiger charge is 2.47. The Balaban J connectivity index is 1.13. The predicted molar refractivity (Wildman–Crippen MR) is 146 cm³/mol. The fourth-order valence-corrected chi connectivity index (χ4v) is 6.54. The molecule has 0 unspecified atom stereocenters. The Morgan fingerprint density at radius 2 is 1.83 bits per heavy atom. The van der Waals surface area contributed by atoms with Crippen LogP contribution in [0.1, 0.15) is 37.4 Å². The summed E-state index contributed by atoms with van der Waals surface area (Å²) in [6.07, 6.45) is 3.71. The molecule has 1 fully saturated rings. The number of carbonyl (C=O) groups excluding carboxylic acids is 1. The van der Waals surface area contributed by atoms with Crippen molar-refractivity contribution in [1.29, 1.82) is 0 Å². The number of nitrogens with one attached hydrogen (secondary N) is 1. The lowest BCUT2D eigenvalue weighted by atomic mass is 9.77. The number of hydrogen-bond donors (Lipinski definition) is 1. The van der Waals surface area contributed by atoms with Gasteiger partial charge in [-0.15, -0.1) is 0 Å². The number of benzene rings is 3. The van der Waals surface area contributed by atoms with E-state index in [-0.39, 0.29) is 11.4 Å². The Labute approximate surface area is 217 Å². The van der Waals surface area contributed by atoms with Gasteiger partial charge in [0, 0.05) is 60.1 Å². The number of rotatable bonds is 5. The molecule has 2 aliphatic rings. The van der Waals surface area contributed by atoms with Gasteiger partial charge in [-0.25, -0.2) is 0 Å². The highest BCUT2D eigenvalue weighted by molar-refractivity contribution is 6.31. The van der Waals surface area contributed by atoms with E-state index in [9.17, 15) is 4.79 Å². The van der Waals surface area contributed by atoms with Crippen LogP contribution in [0.2, 0.25) is 5.02 Å². The Kier molecular flexibility index (Phi) is 6.14. The van der Waals surface area contributed by atoms with Crippen LogP contribution in [0, 0.1) is 0 Å². The van der Waals surface area contributed by atoms with Crippen LogP contribution in [0.25, 0.3) is 21.7 Å². The first-order valence-corrected chi connectivity index (χ1v) is 13.3. The molecule has 0 radical (unpaired) electrons. The molecule has 4 aromatic rings. The van der Waals surface area contributed by atoms with E-state index in [1.807, 2.05) is 6.07 Å². The van der Waals surface area contributed by atoms with E-state index in [1.54, 1.807) is 6.92 Å². The zero-order valence-electron chi connectivity index (χ0n) is 20.7. The summed E-state index contributed by atoms with van der Waals surface area (Å²) < 4.78 is 6.16. The van der Waals surface area contributed by atoms with Crippen LogP contribution in [0.3, 0.4) is 0 Å². The molecule has 1 N–H and O–H groups in total. The van der Waals surface area contributed by atoms with Gasteiger partial charge in [-0.05, 0) is 60.9 Å². The highest BCUT2D eigenvalue weighted by atomic mass is 35.5. The van der Waals surface area contributed by atoms with Crippen LogP contribution in [-0.4, -0.2) is 53.5 Å². The van der Waals surface area contributed by atoms with Gasteiger partial charge in [-0.3, -0.25) is 4.79 Å². The molecule has 3 heterocycles. The van der Waals surface area contributed by atoms with E-state index in [0.717, 1.165) is 73.5 Å². The van der Waals surface area contributed by atoms with Crippen molar-refractivity contribution >= 4 is 39.2 Å². The molecule has 2 aliphatic heterocycles. The third-order valence-corrected chi connectivity index (χ3v) is 8.36. The molecule has 186 valence electrons. The molecule has 1 aromatic heterocycles. The lowest BCUT2D eigenvalue weighted by molar-refractivity contribution is -0.139. The highest BCUT2D eigenvalue weighted by Crippen LogP contribution is 2.45. The molecule has 0 bridgehead atoms. The number of carbonyl (C=O) groups is 1. The molecular weight excluding hydrogens is 470 g/mol. The maximum absolute atomic E-state index is 12.7. The number of amides is 1. The Morgan fingerprint density at radius 1 is 1.03 bits per heavy atom. The zero-order valence-corrected chi connectivity index (χ0v) is 21.5. The Morgan fingerprint density at radius 3 is 2.67 bits per heavy atom. The lowest BCUT2D eigenvalue weighted by Crippen LogP contribution is -2.57. The average molecular weight is 502 g/mol. The summed E-state index contributed by atoms with van der Waals surface area (Å²) >= 11 is 6.33. The molecule has 6 heteroatoms. The van der Waals surface area contributed by atoms with Gasteiger partial charge >= 0.3 is 0 Å². The number of fused-ring (bicyclic) bond motifs is 5. The van der Waals surface area contributed by atoms with E-state index in [0.29, 0.717) is 6.61 Å². The molecular formula is C30H32ClN3O2. The quantitative estimate of drug-likeness (QED) is 0.334. The smallest absolute Gasteiger partial charge is 0.220 e. The van der Waals surface area contributed by atoms with Crippen molar-refractivity contribution in [2.75, 3.05) is 32.8 Å². The fourth-order valence-electron chi connectivity index (χ4n) is 6.37. The topological polar surface area (TPSA) is 48.6 Å². The first kappa shape index (κ1) is 23.4. The Bertz CT molecular complexity index is 1420. The maximum atomic E-state index is 12.7. The minimum absolute atomic E-state index is 0.161. The number of halogens is 1. The van der Waals surface area contributed by atoms with E-state index in [1.165, 1.54) is 22.0 Å². The molecule has 5 nitrogen and oxygen atoms in total. The second-order valence-corrected chi connectivity index (χ2v) is 10.6. The van der Waals surface area contributed by atoms with Crippen molar-refractivity contribution in [2.24, 2.45) is 0 Å². The monoisotopic (exact) mass is 501 g/mol. The van der Waals surface area contributed by atoms with Gasteiger partial charge in [0.25, 0.3) is 0 Å². The van der Waals surface area contributed by atoms with Crippen LogP contribution in [0.5, 0.6) is 5.75 Å². The van der Waals surface area contributed by atoms with Crippen LogP contribution >= 0.6 is 11.6 Å². The molecule has 3 aromatic carbocycles. The summed E-state index contributed by atoms with van der Waals surface area (Å²) in [7, 11) is 0. The number of likely N-dealkylation sites (tertiary alicyclic amines) is 1. The minimum Gasteiger partial charge on any atom is -0.493 e. The second kappa shape index (κ2) is 9.45. The molecule has 1 spiro atoms. The lowest BCUT2D eigenvalue weighted by Gasteiger charge is -2.51. The van der Waals surface area contributed by atoms with Crippen LogP contribution in [-0.2, 0) is 16.8 Å². The molecule has 1 amide bonds. The number of hydrogen-bond acceptors (Lipinski definition) is 3. The molecule has 0 saturated carbocycles. The van der Waals surface area contributed by atoms with Crippen molar-refractivity contribution in [3.05, 3.63) is 76.9 Å². The third-order valence-electron chi connectivity index (χ3n) is 8.12. The fraction of sp³-hybridized carbons (Fsp3) is 0.367. The van der Waals surface area contributed by atoms with Crippen LogP contribution in [0.15, 0.2) is 60.7 Å². The number of nitrogens with zero attached hydrogens (tertiary/aromatic N) is 2. The second-order valence-electron chi connectivity index (χ2n) is 10.1. The van der Waals surface area contributed by atoms with E-state index >= 15 is 0 Å². The van der Waals surface area contributed by atoms with Gasteiger partial charge in [0.2, 0.25) is 5.91 Å². The first-order chi connectivity index (χ1) is 17.5. The number of H-pyrrole nitrogens is 1. The average Bonchev–Trinajstić information content (AvgIpc) is 3.27. The predicted octanol–water partition coefficient (Wildman–Crippen LogP) is 6.14. The first-order valence-electron chi connectivity index (χ1n) is 13.0. The van der Waals surface area contributed by atoms with Gasteiger partial charge in [0.05, 0.1) is 12.1 Å². The summed E-state index contributed by atoms with van der Waals surface area (Å²) in [6.45, 7) is 6.10. The van der Waals surface area contributed by atoms with Crippen molar-refractivity contribution in [3.8, 4) is 5.75 Å². The maximum Gasteiger partial charge on any atom is 0.220 e. The summed E-state index contributed by atoms with van der Waals surface area (Å²) in [4.78, 5) is 21.1. The van der Waals surface area contributed by atoms with E-state index in [2.05, 4.69) is 69.4 Å². The van der Waals surface area contributed by atoms with Crippen molar-refractivity contribution in [2.45, 2.75) is 38.1 Å². The van der Waals surface area contributed by atoms with Gasteiger partial charge in [-0.2, -0.15) is 0 Å². The number of aromatic amines is 1. The molecule has 36 heavy (non-hydrogen) atoms. The van der Waals surface area contributed by atoms with Gasteiger partial charge in [-0.1, -0.05) is 48.0 Å². The summed E-state index contributed by atoms with van der Waals surface area (Å²) in [5.41, 5.74) is 3.41. The van der Waals surface area contributed by atoms with E-state index in [4.69, 9.17) is 16.3 Å². The molecule has 1 saturated heterocycles. The van der Waals surface area contributed by atoms with Gasteiger partial charge in [0.15, 0.2) is 0 Å². The normalized spacial score (nSPS) is 17.6. The third kappa shape index (κ3) is 4.04. The van der Waals surface area contributed by atoms with Gasteiger partial charge in [0.1, 0.15) is 5.75 Å². The standard InChI is InChI=1S/C30H32ClN3O2/c1-21(35)34-16-12-25-26-20-23(31)10-11-27(26)32-29(25)30(34)13-17-33(18-14-30)15-5-19-36-28-9-4-7-22-6-2-3-8-24(22)28/h2-4,6-11,20,32H,5,12-19H2,1H3. The zero-order chi connectivity index (χ0) is 24.7. The SMILES string of the molecule is CC(=O)N1CCc2c([nH]c3ccc(Cl)cc23)C12CCN(CCCOc1cccc3ccccc13)CC2. The van der Waals surface area contributed by atoms with Crippen molar-refractivity contribution < 1.29 is 9.53 Å². The Hall–Kier alpha value is -3.02. The van der Waals surface area contributed by atoms with E-state index < -0.39 is 0 Å². The molecule has 6 rings (SSSR count). The summed E-state index contributed by atoms with van der Waals surface area (Å²) in [6, 6.07) is 20.6. The number of aromatic nitrogens is 1. The van der Waals surface area contributed by atoms with Crippen molar-refractivity contribution in [1.82, 2.24) is 14.8 Å². The van der Waals surface area contributed by atoms with Crippen LogP contribution in [0.4, 0.5) is 0 Å². The summed E-state index contributed by atoms with van der Waals surface area (Å²) in [5.74, 6) is 1.12. The van der Waals surface area contributed by atoms with Gasteiger partial charge < -0.3 is 19.5 Å². The molecule has 0 aliphatic carbocycles. The summed E-state index contributed by atoms with van der Waals surface area (Å²) in [5, 5.41) is 4.33. The minimum atomic E-state index is -0.263. The molecule has 0 atom stereocenters.